The molecule has 2 N–H and O–H groups in total. The Hall–Kier alpha value is -3.11. The zero-order valence-electron chi connectivity index (χ0n) is 22.1. The highest BCUT2D eigenvalue weighted by Crippen LogP contribution is 2.35. The van der Waals surface area contributed by atoms with E-state index in [9.17, 15) is 22.6 Å². The average molecular weight is 627 g/mol. The number of carbonyl (C=O) groups is 1. The molecule has 0 radical (unpaired) electrons. The Morgan fingerprint density at radius 1 is 1.15 bits per heavy atom. The lowest BCUT2D eigenvalue weighted by Crippen LogP contribution is -2.39. The fraction of sp³-hybridized carbons (Fsp3) is 0.320. The van der Waals surface area contributed by atoms with Gasteiger partial charge in [0.05, 0.1) is 35.9 Å². The number of thioether (sulfide) groups is 1. The van der Waals surface area contributed by atoms with Gasteiger partial charge in [-0.2, -0.15) is 13.0 Å². The van der Waals surface area contributed by atoms with Crippen LogP contribution in [-0.4, -0.2) is 54.3 Å². The van der Waals surface area contributed by atoms with Crippen molar-refractivity contribution in [2.75, 3.05) is 20.8 Å². The Labute approximate surface area is 242 Å². The Balaban J connectivity index is 1.78. The van der Waals surface area contributed by atoms with Gasteiger partial charge in [0.25, 0.3) is 16.4 Å². The molecule has 0 saturated carbocycles. The van der Waals surface area contributed by atoms with Crippen molar-refractivity contribution in [3.8, 4) is 11.5 Å². The van der Waals surface area contributed by atoms with E-state index < -0.39 is 22.0 Å². The second kappa shape index (κ2) is 12.2. The van der Waals surface area contributed by atoms with Crippen LogP contribution in [0.3, 0.4) is 0 Å². The summed E-state index contributed by atoms with van der Waals surface area (Å²) < 4.78 is 48.8. The van der Waals surface area contributed by atoms with Gasteiger partial charge in [0.1, 0.15) is 9.36 Å². The van der Waals surface area contributed by atoms with Crippen molar-refractivity contribution in [1.29, 1.82) is 0 Å². The maximum atomic E-state index is 13.1. The first-order valence-corrected chi connectivity index (χ1v) is 16.0. The Kier molecular flexibility index (Phi) is 9.09. The third-order valence-electron chi connectivity index (χ3n) is 6.03. The first-order chi connectivity index (χ1) is 18.9. The lowest BCUT2D eigenvalue weighted by Gasteiger charge is -2.20. The highest BCUT2D eigenvalue weighted by atomic mass is 32.2. The fourth-order valence-corrected chi connectivity index (χ4v) is 7.83. The third-order valence-corrected chi connectivity index (χ3v) is 9.90. The van der Waals surface area contributed by atoms with Crippen LogP contribution in [0.1, 0.15) is 24.8 Å². The van der Waals surface area contributed by atoms with Crippen LogP contribution in [0.25, 0.3) is 22.4 Å². The summed E-state index contributed by atoms with van der Waals surface area (Å²) in [4.78, 5) is 26.0. The maximum Gasteiger partial charge on any atom is 0.326 e. The molecule has 2 aromatic heterocycles. The summed E-state index contributed by atoms with van der Waals surface area (Å²) in [5, 5.41) is 12.3. The van der Waals surface area contributed by atoms with Gasteiger partial charge in [0.15, 0.2) is 11.5 Å². The van der Waals surface area contributed by atoms with E-state index in [4.69, 9.17) is 14.6 Å². The van der Waals surface area contributed by atoms with E-state index >= 15 is 0 Å². The van der Waals surface area contributed by atoms with Crippen molar-refractivity contribution in [2.45, 2.75) is 25.6 Å². The van der Waals surface area contributed by atoms with Gasteiger partial charge >= 0.3 is 16.1 Å². The molecule has 0 spiro atoms. The molecule has 11 nitrogen and oxygen atoms in total. The van der Waals surface area contributed by atoms with Gasteiger partial charge in [0, 0.05) is 31.8 Å². The summed E-state index contributed by atoms with van der Waals surface area (Å²) in [6.07, 6.45) is 5.85. The summed E-state index contributed by atoms with van der Waals surface area (Å²) in [7, 11) is 0.224. The van der Waals surface area contributed by atoms with Crippen LogP contribution >= 0.6 is 34.4 Å². The van der Waals surface area contributed by atoms with Crippen LogP contribution in [0.4, 0.5) is 0 Å². The van der Waals surface area contributed by atoms with E-state index in [2.05, 4.69) is 0 Å². The first kappa shape index (κ1) is 29.9. The van der Waals surface area contributed by atoms with Crippen LogP contribution in [0.2, 0.25) is 0 Å². The average Bonchev–Trinajstić information content (AvgIpc) is 3.50. The molecule has 1 aliphatic rings. The SMILES string of the molecule is COc1cc2sc(C=c3s/c(=C\C=C4\SC=C(C)N4CCCC(=O)O)c(=O)n3C)[n+](CS(=O)(=O)O)c2cc1OC. The van der Waals surface area contributed by atoms with Crippen molar-refractivity contribution in [1.82, 2.24) is 9.47 Å². The molecule has 0 atom stereocenters. The summed E-state index contributed by atoms with van der Waals surface area (Å²) in [6, 6.07) is 3.37. The number of aromatic nitrogens is 2. The number of carboxylic acids is 1. The summed E-state index contributed by atoms with van der Waals surface area (Å²) >= 11 is 4.03. The number of methoxy groups -OCH3 is 2. The van der Waals surface area contributed by atoms with Crippen LogP contribution in [-0.2, 0) is 27.8 Å². The number of fused-ring (bicyclic) bond motifs is 1. The normalized spacial score (nSPS) is 15.9. The minimum Gasteiger partial charge on any atom is -0.493 e. The molecule has 0 bridgehead atoms. The van der Waals surface area contributed by atoms with Gasteiger partial charge in [-0.15, -0.1) is 11.3 Å². The number of hydrogen-bond donors (Lipinski definition) is 2. The standard InChI is InChI=1S/C25H27N3O8S4/c1-15-13-37-21(27(15)9-5-6-24(29)30)8-7-19-25(31)26(2)22(38-19)12-23-28(14-40(32,33)34)16-10-17(35-3)18(36-4)11-20(16)39-23/h7-8,10-13H,5-6,9,14H2,1-4H3,(H-,29,30,32,33,34)/p+1/b19-7-,21-8+. The predicted molar refractivity (Wildman–Crippen MR) is 157 cm³/mol. The molecule has 3 heterocycles. The number of allylic oxidation sites excluding steroid dienone is 2. The van der Waals surface area contributed by atoms with Crippen LogP contribution in [0, 0.1) is 0 Å². The Morgan fingerprint density at radius 2 is 1.85 bits per heavy atom. The number of hydrogen-bond acceptors (Lipinski definition) is 10. The first-order valence-electron chi connectivity index (χ1n) is 11.9. The summed E-state index contributed by atoms with van der Waals surface area (Å²) in [5.41, 5.74) is 1.31. The smallest absolute Gasteiger partial charge is 0.326 e. The van der Waals surface area contributed by atoms with Crippen molar-refractivity contribution < 1.29 is 36.9 Å². The monoisotopic (exact) mass is 626 g/mol. The maximum absolute atomic E-state index is 13.1. The zero-order chi connectivity index (χ0) is 29.2. The lowest BCUT2D eigenvalue weighted by atomic mass is 10.3. The van der Waals surface area contributed by atoms with E-state index in [-0.39, 0.29) is 12.0 Å². The van der Waals surface area contributed by atoms with E-state index in [1.54, 1.807) is 31.3 Å². The molecule has 1 aliphatic heterocycles. The zero-order valence-corrected chi connectivity index (χ0v) is 25.4. The van der Waals surface area contributed by atoms with Crippen molar-refractivity contribution >= 4 is 72.9 Å². The van der Waals surface area contributed by atoms with E-state index in [1.165, 1.54) is 57.8 Å². The van der Waals surface area contributed by atoms with Gasteiger partial charge in [-0.05, 0) is 30.9 Å². The second-order valence-corrected chi connectivity index (χ2v) is 13.2. The van der Waals surface area contributed by atoms with Crippen molar-refractivity contribution in [2.24, 2.45) is 7.05 Å². The number of nitrogens with zero attached hydrogens (tertiary/aromatic N) is 3. The molecule has 0 aliphatic carbocycles. The molecule has 214 valence electrons. The van der Waals surface area contributed by atoms with Crippen molar-refractivity contribution in [3.05, 3.63) is 58.9 Å². The lowest BCUT2D eigenvalue weighted by molar-refractivity contribution is -0.649. The number of thiazole rings is 2. The highest BCUT2D eigenvalue weighted by Gasteiger charge is 2.26. The quantitative estimate of drug-likeness (QED) is 0.254. The largest absolute Gasteiger partial charge is 0.493 e. The van der Waals surface area contributed by atoms with Gasteiger partial charge in [0.2, 0.25) is 5.52 Å². The molecule has 0 fully saturated rings. The molecule has 0 amide bonds. The van der Waals surface area contributed by atoms with E-state index in [0.29, 0.717) is 48.9 Å². The van der Waals surface area contributed by atoms with Gasteiger partial charge in [-0.3, -0.25) is 14.1 Å². The minimum atomic E-state index is -4.39. The topological polar surface area (TPSA) is 139 Å². The van der Waals surface area contributed by atoms with Gasteiger partial charge < -0.3 is 24.0 Å². The minimum absolute atomic E-state index is 0.0744. The van der Waals surface area contributed by atoms with Crippen molar-refractivity contribution in [3.63, 3.8) is 0 Å². The fourth-order valence-electron chi connectivity index (χ4n) is 4.06. The summed E-state index contributed by atoms with van der Waals surface area (Å²) in [5.74, 6) is -0.642. The Morgan fingerprint density at radius 3 is 2.50 bits per heavy atom. The molecule has 4 rings (SSSR count). The number of aliphatic carboxylic acids is 1. The van der Waals surface area contributed by atoms with Crippen LogP contribution in [0.5, 0.6) is 11.5 Å². The number of rotatable bonds is 10. The summed E-state index contributed by atoms with van der Waals surface area (Å²) in [6.45, 7) is 2.50. The molecule has 0 saturated heterocycles. The van der Waals surface area contributed by atoms with Gasteiger partial charge in [-0.25, -0.2) is 0 Å². The molecule has 0 unspecified atom stereocenters. The van der Waals surface area contributed by atoms with E-state index in [0.717, 1.165) is 10.7 Å². The third kappa shape index (κ3) is 6.61. The molecule has 15 heteroatoms. The highest BCUT2D eigenvalue weighted by molar-refractivity contribution is 8.06. The second-order valence-electron chi connectivity index (χ2n) is 8.76. The molecule has 1 aromatic carbocycles. The number of carboxylic acid groups (broad SMARTS) is 1. The van der Waals surface area contributed by atoms with Crippen LogP contribution in [0.15, 0.2) is 39.1 Å². The molecule has 3 aromatic rings. The molecule has 40 heavy (non-hydrogen) atoms. The Bertz CT molecular complexity index is 1820. The molecular weight excluding hydrogens is 599 g/mol. The molecular formula is C25H28N3O8S4+. The van der Waals surface area contributed by atoms with Crippen LogP contribution < -0.4 is 28.8 Å². The number of benzene rings is 1. The van der Waals surface area contributed by atoms with Gasteiger partial charge in [-0.1, -0.05) is 23.1 Å². The predicted octanol–water partition coefficient (Wildman–Crippen LogP) is 2.04. The number of ether oxygens (including phenoxy) is 2. The van der Waals surface area contributed by atoms with E-state index in [1.807, 2.05) is 23.3 Å².